The fraction of sp³-hybridized carbons (Fsp3) is 0.273. The molecule has 3 nitrogen and oxygen atoms in total. The van der Waals surface area contributed by atoms with Crippen LogP contribution in [0, 0.1) is 5.92 Å². The minimum absolute atomic E-state index is 0.0387. The van der Waals surface area contributed by atoms with Gasteiger partial charge in [-0.05, 0) is 55.5 Å². The summed E-state index contributed by atoms with van der Waals surface area (Å²) in [5.74, 6) is 0.303. The molecule has 0 unspecified atom stereocenters. The highest BCUT2D eigenvalue weighted by atomic mass is 32.1. The Balaban J connectivity index is 1.81. The molecule has 0 aromatic carbocycles. The van der Waals surface area contributed by atoms with E-state index in [0.29, 0.717) is 5.92 Å². The van der Waals surface area contributed by atoms with E-state index in [2.05, 4.69) is 48.5 Å². The van der Waals surface area contributed by atoms with Crippen LogP contribution in [0.5, 0.6) is 0 Å². The molecule has 0 fully saturated rings. The van der Waals surface area contributed by atoms with Crippen molar-refractivity contribution in [3.05, 3.63) is 85.5 Å². The van der Waals surface area contributed by atoms with E-state index in [0.717, 1.165) is 24.1 Å². The van der Waals surface area contributed by atoms with E-state index in [1.54, 1.807) is 17.4 Å². The fourth-order valence-electron chi connectivity index (χ4n) is 4.35. The van der Waals surface area contributed by atoms with Crippen molar-refractivity contribution < 1.29 is 0 Å². The Morgan fingerprint density at radius 3 is 3.00 bits per heavy atom. The first-order chi connectivity index (χ1) is 12.6. The monoisotopic (exact) mass is 362 g/mol. The van der Waals surface area contributed by atoms with Crippen molar-refractivity contribution >= 4 is 23.6 Å². The highest BCUT2D eigenvalue weighted by molar-refractivity contribution is 7.10. The van der Waals surface area contributed by atoms with Crippen LogP contribution in [0.25, 0.3) is 6.08 Å². The lowest BCUT2D eigenvalue weighted by Gasteiger charge is -2.45. The van der Waals surface area contributed by atoms with Gasteiger partial charge >= 0.3 is 0 Å². The number of thiophene rings is 1. The van der Waals surface area contributed by atoms with Gasteiger partial charge in [-0.3, -0.25) is 9.79 Å². The second-order valence-corrected chi connectivity index (χ2v) is 7.95. The third-order valence-electron chi connectivity index (χ3n) is 5.26. The SMILES string of the molecule is C/C=C1\[C@H]2C=C(C)C[C@]1(/N=C/C=C/c1cccs1)c1ccc(=O)[nH]c1C2. The number of hydrogen-bond donors (Lipinski definition) is 1. The predicted molar refractivity (Wildman–Crippen MR) is 110 cm³/mol. The van der Waals surface area contributed by atoms with Gasteiger partial charge in [-0.2, -0.15) is 0 Å². The van der Waals surface area contributed by atoms with Crippen LogP contribution in [0.3, 0.4) is 0 Å². The average molecular weight is 362 g/mol. The van der Waals surface area contributed by atoms with Crippen molar-refractivity contribution in [2.75, 3.05) is 0 Å². The van der Waals surface area contributed by atoms with E-state index in [1.165, 1.54) is 16.0 Å². The van der Waals surface area contributed by atoms with Gasteiger partial charge < -0.3 is 4.98 Å². The summed E-state index contributed by atoms with van der Waals surface area (Å²) in [6.45, 7) is 4.28. The van der Waals surface area contributed by atoms with Crippen LogP contribution in [0.4, 0.5) is 0 Å². The van der Waals surface area contributed by atoms with Crippen LogP contribution < -0.4 is 5.56 Å². The van der Waals surface area contributed by atoms with E-state index in [-0.39, 0.29) is 5.56 Å². The molecule has 2 aromatic heterocycles. The number of aliphatic imine (C=N–C) groups is 1. The van der Waals surface area contributed by atoms with Crippen LogP contribution in [0.1, 0.15) is 36.4 Å². The first kappa shape index (κ1) is 17.0. The molecule has 0 aliphatic heterocycles. The van der Waals surface area contributed by atoms with Gasteiger partial charge in [-0.25, -0.2) is 0 Å². The number of hydrogen-bond acceptors (Lipinski definition) is 3. The molecule has 26 heavy (non-hydrogen) atoms. The number of aromatic nitrogens is 1. The summed E-state index contributed by atoms with van der Waals surface area (Å²) in [5.41, 5.74) is 4.41. The first-order valence-electron chi connectivity index (χ1n) is 8.94. The Morgan fingerprint density at radius 2 is 2.23 bits per heavy atom. The van der Waals surface area contributed by atoms with Gasteiger partial charge in [0, 0.05) is 40.8 Å². The lowest BCUT2D eigenvalue weighted by atomic mass is 9.63. The molecular weight excluding hydrogens is 340 g/mol. The number of nitrogens with zero attached hydrogens (tertiary/aromatic N) is 1. The molecule has 2 heterocycles. The number of pyridine rings is 1. The molecule has 4 rings (SSSR count). The van der Waals surface area contributed by atoms with Crippen LogP contribution in [0.2, 0.25) is 0 Å². The van der Waals surface area contributed by atoms with E-state index in [4.69, 9.17) is 4.99 Å². The van der Waals surface area contributed by atoms with Crippen LogP contribution in [-0.2, 0) is 12.0 Å². The average Bonchev–Trinajstić information content (AvgIpc) is 3.11. The van der Waals surface area contributed by atoms with E-state index in [1.807, 2.05) is 24.4 Å². The fourth-order valence-corrected chi connectivity index (χ4v) is 4.98. The summed E-state index contributed by atoms with van der Waals surface area (Å²) >= 11 is 1.71. The Labute approximate surface area is 157 Å². The van der Waals surface area contributed by atoms with Crippen LogP contribution in [0.15, 0.2) is 68.8 Å². The van der Waals surface area contributed by atoms with E-state index >= 15 is 0 Å². The number of allylic oxidation sites excluding steroid dienone is 3. The molecule has 4 heteroatoms. The van der Waals surface area contributed by atoms with Crippen LogP contribution in [-0.4, -0.2) is 11.2 Å². The molecule has 2 aliphatic rings. The summed E-state index contributed by atoms with van der Waals surface area (Å²) in [4.78, 5) is 21.2. The van der Waals surface area contributed by atoms with Crippen molar-refractivity contribution in [2.24, 2.45) is 10.9 Å². The summed E-state index contributed by atoms with van der Waals surface area (Å²) in [6, 6.07) is 7.73. The number of H-pyrrole nitrogens is 1. The minimum atomic E-state index is -0.407. The molecule has 0 amide bonds. The number of fused-ring (bicyclic) bond motifs is 4. The lowest BCUT2D eigenvalue weighted by molar-refractivity contribution is 0.413. The van der Waals surface area contributed by atoms with Gasteiger partial charge in [0.05, 0.1) is 0 Å². The molecule has 132 valence electrons. The standard InChI is InChI=1S/C22H22N2OS/c1-3-18-16-12-15(2)14-22(18,19-8-9-21(25)24-20(19)13-16)23-10-4-6-17-7-5-11-26-17/h3-12,16H,13-14H2,1-2H3,(H,24,25)/b6-4+,18-3+,23-10+/t16-,22+/m0/s1. The molecule has 2 aromatic rings. The predicted octanol–water partition coefficient (Wildman–Crippen LogP) is 4.88. The van der Waals surface area contributed by atoms with Crippen molar-refractivity contribution in [1.82, 2.24) is 4.98 Å². The second-order valence-electron chi connectivity index (χ2n) is 6.97. The Hall–Kier alpha value is -2.46. The van der Waals surface area contributed by atoms with Crippen molar-refractivity contribution in [3.63, 3.8) is 0 Å². The molecule has 2 bridgehead atoms. The molecule has 2 aliphatic carbocycles. The maximum absolute atomic E-state index is 11.8. The number of aromatic amines is 1. The third kappa shape index (κ3) is 2.84. The summed E-state index contributed by atoms with van der Waals surface area (Å²) in [5, 5.41) is 2.07. The molecule has 1 N–H and O–H groups in total. The Bertz CT molecular complexity index is 991. The quantitative estimate of drug-likeness (QED) is 0.613. The number of rotatable bonds is 3. The van der Waals surface area contributed by atoms with Gasteiger partial charge in [-0.15, -0.1) is 11.3 Å². The molecule has 0 spiro atoms. The summed E-state index contributed by atoms with van der Waals surface area (Å²) in [7, 11) is 0. The molecule has 2 atom stereocenters. The zero-order valence-electron chi connectivity index (χ0n) is 15.0. The second kappa shape index (κ2) is 6.69. The summed E-state index contributed by atoms with van der Waals surface area (Å²) in [6.07, 6.45) is 12.2. The van der Waals surface area contributed by atoms with Gasteiger partial charge in [-0.1, -0.05) is 23.8 Å². The van der Waals surface area contributed by atoms with E-state index in [9.17, 15) is 4.79 Å². The van der Waals surface area contributed by atoms with Gasteiger partial charge in [0.2, 0.25) is 5.56 Å². The molecule has 0 saturated carbocycles. The van der Waals surface area contributed by atoms with Crippen molar-refractivity contribution in [3.8, 4) is 0 Å². The topological polar surface area (TPSA) is 45.2 Å². The first-order valence-corrected chi connectivity index (χ1v) is 9.82. The maximum atomic E-state index is 11.8. The number of nitrogens with one attached hydrogen (secondary N) is 1. The normalized spacial score (nSPS) is 26.5. The van der Waals surface area contributed by atoms with Crippen molar-refractivity contribution in [1.29, 1.82) is 0 Å². The zero-order chi connectivity index (χ0) is 18.1. The molecular formula is C22H22N2OS. The molecule has 0 radical (unpaired) electrons. The smallest absolute Gasteiger partial charge is 0.248 e. The van der Waals surface area contributed by atoms with Gasteiger partial charge in [0.1, 0.15) is 5.54 Å². The third-order valence-corrected chi connectivity index (χ3v) is 6.10. The highest BCUT2D eigenvalue weighted by Gasteiger charge is 2.46. The highest BCUT2D eigenvalue weighted by Crippen LogP contribution is 2.51. The van der Waals surface area contributed by atoms with Gasteiger partial charge in [0.25, 0.3) is 0 Å². The zero-order valence-corrected chi connectivity index (χ0v) is 15.8. The van der Waals surface area contributed by atoms with E-state index < -0.39 is 5.54 Å². The minimum Gasteiger partial charge on any atom is -0.326 e. The Morgan fingerprint density at radius 1 is 1.35 bits per heavy atom. The summed E-state index contributed by atoms with van der Waals surface area (Å²) < 4.78 is 0. The molecule has 0 saturated heterocycles. The van der Waals surface area contributed by atoms with Gasteiger partial charge in [0.15, 0.2) is 0 Å². The van der Waals surface area contributed by atoms with Crippen molar-refractivity contribution in [2.45, 2.75) is 32.2 Å². The maximum Gasteiger partial charge on any atom is 0.248 e. The Kier molecular flexibility index (Phi) is 4.37. The van der Waals surface area contributed by atoms with Crippen LogP contribution >= 0.6 is 11.3 Å². The lowest BCUT2D eigenvalue weighted by Crippen LogP contribution is -2.40. The largest absolute Gasteiger partial charge is 0.326 e.